The maximum atomic E-state index is 14.3. The SMILES string of the molecule is CN1CC2CCC(C1)N2c1ccc2[nH]c(-c3ccc(C4=CN(C(=O)OC(C)(C)C)C5N=CC=CC45)c4c3C(=O)N(C(=O)OC(C)(C)C)C4)nc2c1. The number of aromatic amines is 1. The fourth-order valence-electron chi connectivity index (χ4n) is 8.22. The number of benzene rings is 2. The zero-order valence-electron chi connectivity index (χ0n) is 30.3. The molecule has 4 atom stereocenters. The third-order valence-electron chi connectivity index (χ3n) is 10.2. The lowest BCUT2D eigenvalue weighted by atomic mass is 9.86. The standard InChI is InChI=1S/C39H45N7O5/c1-38(2,3)50-36(48)44-20-28(26-9-8-16-40-34(26)44)25-13-14-27(32-29(25)21-45(35(32)47)37(49)51-39(4,5)6)33-41-30-15-12-22(17-31(30)42-33)46-23-10-11-24(46)19-43(7)18-23/h8-9,12-17,20,23-24,26,34H,10-11,18-19,21H2,1-7H3,(H,41,42). The highest BCUT2D eigenvalue weighted by Crippen LogP contribution is 2.45. The van der Waals surface area contributed by atoms with Crippen molar-refractivity contribution in [3.63, 3.8) is 0 Å². The number of anilines is 1. The van der Waals surface area contributed by atoms with E-state index in [0.29, 0.717) is 34.6 Å². The van der Waals surface area contributed by atoms with Crippen molar-refractivity contribution in [2.24, 2.45) is 10.9 Å². The van der Waals surface area contributed by atoms with Gasteiger partial charge in [-0.2, -0.15) is 0 Å². The van der Waals surface area contributed by atoms with E-state index in [-0.39, 0.29) is 12.5 Å². The number of H-pyrrole nitrogens is 1. The van der Waals surface area contributed by atoms with Crippen molar-refractivity contribution in [3.8, 4) is 11.4 Å². The van der Waals surface area contributed by atoms with Crippen molar-refractivity contribution >= 4 is 46.6 Å². The summed E-state index contributed by atoms with van der Waals surface area (Å²) in [7, 11) is 2.19. The Hall–Kier alpha value is -4.97. The van der Waals surface area contributed by atoms with Gasteiger partial charge in [-0.1, -0.05) is 12.1 Å². The molecule has 51 heavy (non-hydrogen) atoms. The highest BCUT2D eigenvalue weighted by molar-refractivity contribution is 6.11. The lowest BCUT2D eigenvalue weighted by molar-refractivity contribution is 0.0242. The Balaban J connectivity index is 1.21. The Morgan fingerprint density at radius 2 is 1.61 bits per heavy atom. The molecule has 4 unspecified atom stereocenters. The maximum Gasteiger partial charge on any atom is 0.417 e. The molecular weight excluding hydrogens is 646 g/mol. The minimum atomic E-state index is -0.794. The number of ether oxygens (including phenoxy) is 2. The number of dihydropyridines is 1. The summed E-state index contributed by atoms with van der Waals surface area (Å²) in [5.41, 5.74) is 4.54. The van der Waals surface area contributed by atoms with Gasteiger partial charge >= 0.3 is 12.2 Å². The van der Waals surface area contributed by atoms with Crippen LogP contribution < -0.4 is 4.90 Å². The van der Waals surface area contributed by atoms with Crippen LogP contribution in [0.5, 0.6) is 0 Å². The van der Waals surface area contributed by atoms with Gasteiger partial charge < -0.3 is 24.3 Å². The number of aromatic nitrogens is 2. The van der Waals surface area contributed by atoms with E-state index in [9.17, 15) is 14.4 Å². The average molecular weight is 692 g/mol. The molecule has 2 saturated heterocycles. The van der Waals surface area contributed by atoms with E-state index in [1.54, 1.807) is 33.2 Å². The lowest BCUT2D eigenvalue weighted by Crippen LogP contribution is -2.52. The normalized spacial score (nSPS) is 24.3. The van der Waals surface area contributed by atoms with Gasteiger partial charge in [-0.25, -0.2) is 19.5 Å². The minimum absolute atomic E-state index is 0.0109. The number of hydrogen-bond acceptors (Lipinski definition) is 9. The van der Waals surface area contributed by atoms with Crippen molar-refractivity contribution in [1.29, 1.82) is 0 Å². The van der Waals surface area contributed by atoms with Crippen LogP contribution in [0.1, 0.15) is 75.9 Å². The number of nitrogens with one attached hydrogen (secondary N) is 1. The third-order valence-corrected chi connectivity index (χ3v) is 10.2. The van der Waals surface area contributed by atoms with E-state index in [1.165, 1.54) is 17.7 Å². The predicted octanol–water partition coefficient (Wildman–Crippen LogP) is 6.58. The van der Waals surface area contributed by atoms with Crippen molar-refractivity contribution in [2.75, 3.05) is 25.0 Å². The zero-order valence-corrected chi connectivity index (χ0v) is 30.3. The van der Waals surface area contributed by atoms with Gasteiger partial charge in [0.2, 0.25) is 0 Å². The smallest absolute Gasteiger partial charge is 0.417 e. The van der Waals surface area contributed by atoms with Gasteiger partial charge in [-0.3, -0.25) is 14.7 Å². The Labute approximate surface area is 297 Å². The summed E-state index contributed by atoms with van der Waals surface area (Å²) in [6, 6.07) is 11.2. The largest absolute Gasteiger partial charge is 0.443 e. The summed E-state index contributed by atoms with van der Waals surface area (Å²) in [4.78, 5) is 61.9. The molecule has 0 spiro atoms. The molecule has 0 saturated carbocycles. The molecule has 12 heteroatoms. The molecule has 266 valence electrons. The van der Waals surface area contributed by atoms with Crippen molar-refractivity contribution in [1.82, 2.24) is 24.7 Å². The van der Waals surface area contributed by atoms with Gasteiger partial charge in [0.25, 0.3) is 5.91 Å². The molecule has 0 radical (unpaired) electrons. The van der Waals surface area contributed by atoms with Crippen LogP contribution in [0.2, 0.25) is 0 Å². The monoisotopic (exact) mass is 691 g/mol. The second-order valence-electron chi connectivity index (χ2n) is 16.3. The number of carbonyl (C=O) groups excluding carboxylic acids is 3. The molecule has 12 nitrogen and oxygen atoms in total. The number of imidazole rings is 1. The van der Waals surface area contributed by atoms with Crippen LogP contribution in [0, 0.1) is 5.92 Å². The first-order valence-electron chi connectivity index (χ1n) is 17.8. The molecule has 1 aromatic heterocycles. The summed E-state index contributed by atoms with van der Waals surface area (Å²) >= 11 is 0. The van der Waals surface area contributed by atoms with Crippen LogP contribution in [0.15, 0.2) is 53.7 Å². The van der Waals surface area contributed by atoms with Crippen LogP contribution in [0.3, 0.4) is 0 Å². The van der Waals surface area contributed by atoms with Crippen LogP contribution in [-0.4, -0.2) is 98.6 Å². The van der Waals surface area contributed by atoms with E-state index in [1.807, 2.05) is 45.1 Å². The Bertz CT molecular complexity index is 2040. The molecule has 3 amide bonds. The van der Waals surface area contributed by atoms with E-state index in [2.05, 4.69) is 45.0 Å². The number of rotatable bonds is 3. The van der Waals surface area contributed by atoms with Gasteiger partial charge in [0.15, 0.2) is 0 Å². The molecule has 2 fully saturated rings. The van der Waals surface area contributed by atoms with Gasteiger partial charge in [0, 0.05) is 54.8 Å². The number of allylic oxidation sites excluding steroid dienone is 1. The van der Waals surface area contributed by atoms with Crippen molar-refractivity contribution in [3.05, 3.63) is 65.4 Å². The number of hydrogen-bond donors (Lipinski definition) is 1. The number of fused-ring (bicyclic) bond motifs is 5. The highest BCUT2D eigenvalue weighted by Gasteiger charge is 2.44. The fraction of sp³-hybridized carbons (Fsp3) is 0.462. The van der Waals surface area contributed by atoms with Gasteiger partial charge in [0.1, 0.15) is 23.2 Å². The van der Waals surface area contributed by atoms with Gasteiger partial charge in [-0.15, -0.1) is 0 Å². The number of likely N-dealkylation sites (tertiary alicyclic amines) is 1. The second kappa shape index (κ2) is 11.8. The number of nitrogens with zero attached hydrogens (tertiary/aromatic N) is 6. The molecular formula is C39H45N7O5. The molecule has 3 aromatic rings. The first-order chi connectivity index (χ1) is 24.1. The number of imide groups is 1. The summed E-state index contributed by atoms with van der Waals surface area (Å²) in [6.45, 7) is 12.9. The Morgan fingerprint density at radius 1 is 0.922 bits per heavy atom. The molecule has 2 bridgehead atoms. The predicted molar refractivity (Wildman–Crippen MR) is 195 cm³/mol. The summed E-state index contributed by atoms with van der Waals surface area (Å²) in [5, 5.41) is 0. The molecule has 5 aliphatic heterocycles. The zero-order chi connectivity index (χ0) is 36.0. The molecule has 8 rings (SSSR count). The quantitative estimate of drug-likeness (QED) is 0.327. The van der Waals surface area contributed by atoms with Crippen LogP contribution in [-0.2, 0) is 16.0 Å². The molecule has 2 aromatic carbocycles. The fourth-order valence-corrected chi connectivity index (χ4v) is 8.22. The Kier molecular flexibility index (Phi) is 7.68. The molecule has 0 aliphatic carbocycles. The summed E-state index contributed by atoms with van der Waals surface area (Å²) in [5.74, 6) is -0.193. The van der Waals surface area contributed by atoms with Gasteiger partial charge in [-0.05, 0) is 108 Å². The van der Waals surface area contributed by atoms with Crippen LogP contribution in [0.4, 0.5) is 15.3 Å². The van der Waals surface area contributed by atoms with Gasteiger partial charge in [0.05, 0.1) is 23.1 Å². The number of carbonyl (C=O) groups is 3. The first kappa shape index (κ1) is 33.2. The van der Waals surface area contributed by atoms with E-state index >= 15 is 0 Å². The van der Waals surface area contributed by atoms with E-state index < -0.39 is 35.5 Å². The van der Waals surface area contributed by atoms with Crippen LogP contribution >= 0.6 is 0 Å². The molecule has 1 N–H and O–H groups in total. The lowest BCUT2D eigenvalue weighted by Gasteiger charge is -2.41. The maximum absolute atomic E-state index is 14.3. The second-order valence-corrected chi connectivity index (χ2v) is 16.3. The topological polar surface area (TPSA) is 124 Å². The third kappa shape index (κ3) is 5.88. The number of amides is 3. The van der Waals surface area contributed by atoms with Crippen LogP contribution in [0.25, 0.3) is 28.0 Å². The molecule has 5 aliphatic rings. The Morgan fingerprint density at radius 3 is 2.31 bits per heavy atom. The minimum Gasteiger partial charge on any atom is -0.443 e. The average Bonchev–Trinajstić information content (AvgIpc) is 3.80. The van der Waals surface area contributed by atoms with Crippen molar-refractivity contribution in [2.45, 2.75) is 90.4 Å². The number of aliphatic imine (C=N–C) groups is 1. The number of likely N-dealkylation sites (N-methyl/N-ethyl adjacent to an activating group) is 1. The van der Waals surface area contributed by atoms with E-state index in [4.69, 9.17) is 14.5 Å². The molecule has 6 heterocycles. The number of piperazine rings is 1. The first-order valence-corrected chi connectivity index (χ1v) is 17.8. The highest BCUT2D eigenvalue weighted by atomic mass is 16.6. The summed E-state index contributed by atoms with van der Waals surface area (Å²) < 4.78 is 11.4. The summed E-state index contributed by atoms with van der Waals surface area (Å²) in [6.07, 6.45) is 7.91. The van der Waals surface area contributed by atoms with Crippen molar-refractivity contribution < 1.29 is 23.9 Å². The van der Waals surface area contributed by atoms with E-state index in [0.717, 1.165) is 45.8 Å².